The molecule has 0 N–H and O–H groups in total. The van der Waals surface area contributed by atoms with Crippen LogP contribution in [-0.2, 0) is 0 Å². The van der Waals surface area contributed by atoms with Gasteiger partial charge in [-0.2, -0.15) is 0 Å². The molecule has 8 aromatic carbocycles. The van der Waals surface area contributed by atoms with Crippen molar-refractivity contribution in [2.24, 2.45) is 0 Å². The first-order valence-electron chi connectivity index (χ1n) is 15.7. The van der Waals surface area contributed by atoms with Crippen molar-refractivity contribution in [3.8, 4) is 33.4 Å². The van der Waals surface area contributed by atoms with Gasteiger partial charge in [-0.1, -0.05) is 140 Å². The molecule has 0 unspecified atom stereocenters. The Morgan fingerprint density at radius 3 is 1.33 bits per heavy atom. The maximum atomic E-state index is 2.44. The second kappa shape index (κ2) is 10.1. The number of hydrogen-bond donors (Lipinski definition) is 0. The molecule has 0 bridgehead atoms. The molecule has 2 heterocycles. The Balaban J connectivity index is 1.21. The number of hydrogen-bond acceptors (Lipinski definition) is 2. The highest BCUT2D eigenvalue weighted by Crippen LogP contribution is 2.47. The molecular formula is C44H26S2. The summed E-state index contributed by atoms with van der Waals surface area (Å²) in [5.41, 5.74) is 7.58. The van der Waals surface area contributed by atoms with Gasteiger partial charge in [0.05, 0.1) is 9.40 Å². The van der Waals surface area contributed by atoms with Crippen molar-refractivity contribution in [1.82, 2.24) is 0 Å². The fourth-order valence-electron chi connectivity index (χ4n) is 7.38. The Hall–Kier alpha value is -5.28. The van der Waals surface area contributed by atoms with Crippen LogP contribution in [0.5, 0.6) is 0 Å². The van der Waals surface area contributed by atoms with Crippen LogP contribution >= 0.6 is 22.7 Å². The van der Waals surface area contributed by atoms with Gasteiger partial charge in [0.2, 0.25) is 0 Å². The summed E-state index contributed by atoms with van der Waals surface area (Å²) < 4.78 is 5.50. The molecule has 0 saturated heterocycles. The van der Waals surface area contributed by atoms with Crippen molar-refractivity contribution in [2.75, 3.05) is 0 Å². The molecule has 0 fully saturated rings. The van der Waals surface area contributed by atoms with Crippen LogP contribution in [0.2, 0.25) is 0 Å². The van der Waals surface area contributed by atoms with Crippen LogP contribution in [0.1, 0.15) is 0 Å². The topological polar surface area (TPSA) is 0 Å². The fourth-order valence-corrected chi connectivity index (χ4v) is 9.90. The predicted octanol–water partition coefficient (Wildman–Crippen LogP) is 13.7. The minimum absolute atomic E-state index is 1.23. The second-order valence-electron chi connectivity index (χ2n) is 12.0. The van der Waals surface area contributed by atoms with Gasteiger partial charge in [-0.3, -0.25) is 0 Å². The first-order chi connectivity index (χ1) is 22.8. The molecule has 0 aliphatic heterocycles. The molecule has 0 nitrogen and oxygen atoms in total. The Morgan fingerprint density at radius 1 is 0.261 bits per heavy atom. The third-order valence-electron chi connectivity index (χ3n) is 9.48. The molecule has 0 aliphatic carbocycles. The van der Waals surface area contributed by atoms with E-state index in [-0.39, 0.29) is 0 Å². The molecule has 46 heavy (non-hydrogen) atoms. The van der Waals surface area contributed by atoms with Gasteiger partial charge >= 0.3 is 0 Å². The zero-order valence-corrected chi connectivity index (χ0v) is 26.5. The van der Waals surface area contributed by atoms with Crippen molar-refractivity contribution in [2.45, 2.75) is 0 Å². The molecule has 0 aliphatic rings. The molecule has 214 valence electrons. The summed E-state index contributed by atoms with van der Waals surface area (Å²) in [6.45, 7) is 0. The number of fused-ring (bicyclic) bond motifs is 9. The lowest BCUT2D eigenvalue weighted by atomic mass is 9.85. The van der Waals surface area contributed by atoms with Crippen molar-refractivity contribution in [3.05, 3.63) is 158 Å². The van der Waals surface area contributed by atoms with Crippen molar-refractivity contribution < 1.29 is 0 Å². The van der Waals surface area contributed by atoms with Crippen LogP contribution in [0.4, 0.5) is 0 Å². The molecule has 0 spiro atoms. The minimum Gasteiger partial charge on any atom is -0.134 e. The smallest absolute Gasteiger partial charge is 0.0534 e. The van der Waals surface area contributed by atoms with Crippen LogP contribution in [0.15, 0.2) is 158 Å². The van der Waals surface area contributed by atoms with Crippen LogP contribution in [0.25, 0.3) is 95.3 Å². The lowest BCUT2D eigenvalue weighted by molar-refractivity contribution is 1.61. The zero-order chi connectivity index (χ0) is 30.2. The van der Waals surface area contributed by atoms with Crippen LogP contribution in [0.3, 0.4) is 0 Å². The van der Waals surface area contributed by atoms with Gasteiger partial charge in [0, 0.05) is 30.9 Å². The zero-order valence-electron chi connectivity index (χ0n) is 24.8. The summed E-state index contributed by atoms with van der Waals surface area (Å²) in [6.07, 6.45) is 0. The van der Waals surface area contributed by atoms with Gasteiger partial charge < -0.3 is 0 Å². The van der Waals surface area contributed by atoms with Crippen LogP contribution in [-0.4, -0.2) is 0 Å². The molecule has 0 radical (unpaired) electrons. The monoisotopic (exact) mass is 618 g/mol. The number of thiophene rings is 2. The summed E-state index contributed by atoms with van der Waals surface area (Å²) in [6, 6.07) is 58.2. The van der Waals surface area contributed by atoms with E-state index < -0.39 is 0 Å². The van der Waals surface area contributed by atoms with E-state index in [1.165, 1.54) is 95.3 Å². The average Bonchev–Trinajstić information content (AvgIpc) is 3.69. The molecule has 0 atom stereocenters. The van der Waals surface area contributed by atoms with Crippen LogP contribution < -0.4 is 0 Å². The first-order valence-corrected chi connectivity index (χ1v) is 17.3. The largest absolute Gasteiger partial charge is 0.134 e. The van der Waals surface area contributed by atoms with E-state index in [1.54, 1.807) is 0 Å². The second-order valence-corrected chi connectivity index (χ2v) is 14.1. The molecule has 0 saturated carbocycles. The number of rotatable bonds is 3. The Morgan fingerprint density at radius 2 is 0.696 bits per heavy atom. The lowest BCUT2D eigenvalue weighted by Gasteiger charge is -2.18. The summed E-state index contributed by atoms with van der Waals surface area (Å²) in [7, 11) is 0. The summed E-state index contributed by atoms with van der Waals surface area (Å²) >= 11 is 3.85. The predicted molar refractivity (Wildman–Crippen MR) is 204 cm³/mol. The maximum Gasteiger partial charge on any atom is 0.0534 e. The molecule has 10 rings (SSSR count). The van der Waals surface area contributed by atoms with E-state index in [2.05, 4.69) is 158 Å². The summed E-state index contributed by atoms with van der Waals surface area (Å²) in [4.78, 5) is 0. The quantitative estimate of drug-likeness (QED) is 0.173. The standard InChI is InChI=1S/C44H26S2/c1-2-10-27(11-3-1)28-18-20-29(21-19-28)41-32-13-4-6-15-34(32)42(35-16-7-5-14-33(35)41)30-22-25-40-38(26-30)37-24-23-36-31-12-8-9-17-39(31)45-43(36)44(37)46-40/h1-26H. The van der Waals surface area contributed by atoms with E-state index in [1.807, 2.05) is 22.7 Å². The molecule has 2 aromatic heterocycles. The normalized spacial score (nSPS) is 11.9. The van der Waals surface area contributed by atoms with Crippen molar-refractivity contribution in [1.29, 1.82) is 0 Å². The minimum atomic E-state index is 1.23. The van der Waals surface area contributed by atoms with Crippen LogP contribution in [0, 0.1) is 0 Å². The van der Waals surface area contributed by atoms with Gasteiger partial charge in [0.25, 0.3) is 0 Å². The Labute approximate surface area is 274 Å². The van der Waals surface area contributed by atoms with E-state index in [0.29, 0.717) is 0 Å². The third-order valence-corrected chi connectivity index (χ3v) is 12.0. The van der Waals surface area contributed by atoms with E-state index in [0.717, 1.165) is 0 Å². The highest BCUT2D eigenvalue weighted by atomic mass is 32.1. The van der Waals surface area contributed by atoms with E-state index in [4.69, 9.17) is 0 Å². The van der Waals surface area contributed by atoms with Gasteiger partial charge in [-0.25, -0.2) is 0 Å². The van der Waals surface area contributed by atoms with Gasteiger partial charge in [-0.15, -0.1) is 22.7 Å². The molecule has 2 heteroatoms. The Kier molecular flexibility index (Phi) is 5.72. The highest BCUT2D eigenvalue weighted by molar-refractivity contribution is 7.33. The van der Waals surface area contributed by atoms with Gasteiger partial charge in [0.1, 0.15) is 0 Å². The molecular weight excluding hydrogens is 593 g/mol. The van der Waals surface area contributed by atoms with E-state index in [9.17, 15) is 0 Å². The van der Waals surface area contributed by atoms with E-state index >= 15 is 0 Å². The van der Waals surface area contributed by atoms with Crippen molar-refractivity contribution in [3.63, 3.8) is 0 Å². The van der Waals surface area contributed by atoms with Gasteiger partial charge in [0.15, 0.2) is 0 Å². The number of benzene rings is 8. The Bertz CT molecular complexity index is 2720. The van der Waals surface area contributed by atoms with Crippen molar-refractivity contribution >= 4 is 84.6 Å². The average molecular weight is 619 g/mol. The highest BCUT2D eigenvalue weighted by Gasteiger charge is 2.18. The fraction of sp³-hybridized carbons (Fsp3) is 0. The molecule has 0 amide bonds. The summed E-state index contributed by atoms with van der Waals surface area (Å²) in [5.74, 6) is 0. The molecule has 10 aromatic rings. The maximum absolute atomic E-state index is 2.44. The lowest BCUT2D eigenvalue weighted by Crippen LogP contribution is -1.91. The SMILES string of the molecule is c1ccc(-c2ccc(-c3c4ccccc4c(-c4ccc5sc6c(ccc7c8ccccc8sc76)c5c4)c4ccccc34)cc2)cc1. The first kappa shape index (κ1) is 26.0. The summed E-state index contributed by atoms with van der Waals surface area (Å²) in [5, 5.41) is 10.6. The third kappa shape index (κ3) is 3.84. The van der Waals surface area contributed by atoms with Gasteiger partial charge in [-0.05, 0) is 73.1 Å².